The van der Waals surface area contributed by atoms with Crippen molar-refractivity contribution in [3.8, 4) is 0 Å². The summed E-state index contributed by atoms with van der Waals surface area (Å²) in [7, 11) is 0. The smallest absolute Gasteiger partial charge is 0.165 e. The van der Waals surface area contributed by atoms with Gasteiger partial charge in [0.1, 0.15) is 0 Å². The van der Waals surface area contributed by atoms with Crippen LogP contribution in [0.15, 0.2) is 12.3 Å². The second-order valence-electron chi connectivity index (χ2n) is 6.40. The van der Waals surface area contributed by atoms with E-state index >= 15 is 0 Å². The fourth-order valence-corrected chi connectivity index (χ4v) is 3.25. The van der Waals surface area contributed by atoms with Gasteiger partial charge < -0.3 is 9.30 Å². The van der Waals surface area contributed by atoms with Gasteiger partial charge in [0.2, 0.25) is 0 Å². The van der Waals surface area contributed by atoms with Crippen molar-refractivity contribution in [2.24, 2.45) is 5.41 Å². The Hall–Kier alpha value is -1.09. The molecule has 3 rings (SSSR count). The molecule has 98 valence electrons. The maximum absolute atomic E-state index is 12.2. The number of hydrogen-bond donors (Lipinski definition) is 0. The molecular weight excluding hydrogens is 226 g/mol. The molecule has 3 nitrogen and oxygen atoms in total. The topological polar surface area (TPSA) is 31.2 Å². The van der Waals surface area contributed by atoms with Crippen molar-refractivity contribution in [1.82, 2.24) is 4.57 Å². The second kappa shape index (κ2) is 4.23. The summed E-state index contributed by atoms with van der Waals surface area (Å²) < 4.78 is 7.87. The van der Waals surface area contributed by atoms with Gasteiger partial charge in [-0.15, -0.1) is 0 Å². The Morgan fingerprint density at radius 1 is 1.39 bits per heavy atom. The number of nitrogens with zero attached hydrogens (tertiary/aromatic N) is 1. The van der Waals surface area contributed by atoms with E-state index in [-0.39, 0.29) is 5.41 Å². The minimum absolute atomic E-state index is 0.0930. The lowest BCUT2D eigenvalue weighted by Gasteiger charge is -2.32. The molecule has 0 aromatic carbocycles. The van der Waals surface area contributed by atoms with Gasteiger partial charge in [-0.1, -0.05) is 13.8 Å². The summed E-state index contributed by atoms with van der Waals surface area (Å²) >= 11 is 0. The molecule has 1 aromatic heterocycles. The maximum Gasteiger partial charge on any atom is 0.165 e. The summed E-state index contributed by atoms with van der Waals surface area (Å²) in [6.07, 6.45) is 6.04. The zero-order chi connectivity index (χ0) is 12.8. The van der Waals surface area contributed by atoms with Gasteiger partial charge in [0.25, 0.3) is 0 Å². The van der Waals surface area contributed by atoms with Crippen LogP contribution in [-0.4, -0.2) is 23.6 Å². The van der Waals surface area contributed by atoms with Crippen molar-refractivity contribution < 1.29 is 9.53 Å². The summed E-state index contributed by atoms with van der Waals surface area (Å²) in [4.78, 5) is 12.2. The number of Topliss-reactive ketones (excluding diaryl/α,β-unsaturated/α-hetero) is 1. The van der Waals surface area contributed by atoms with E-state index in [1.807, 2.05) is 6.07 Å². The molecule has 1 fully saturated rings. The summed E-state index contributed by atoms with van der Waals surface area (Å²) in [6.45, 7) is 6.03. The first-order chi connectivity index (χ1) is 8.57. The minimum atomic E-state index is 0.0930. The molecule has 1 atom stereocenters. The molecule has 0 bridgehead atoms. The number of ether oxygens (including phenoxy) is 1. The molecule has 0 saturated carbocycles. The van der Waals surface area contributed by atoms with Gasteiger partial charge in [-0.05, 0) is 30.7 Å². The van der Waals surface area contributed by atoms with Crippen LogP contribution in [0.4, 0.5) is 0 Å². The average Bonchev–Trinajstić information content (AvgIpc) is 2.72. The third-order valence-corrected chi connectivity index (χ3v) is 4.14. The fraction of sp³-hybridized carbons (Fsp3) is 0.667. The summed E-state index contributed by atoms with van der Waals surface area (Å²) in [6, 6.07) is 2.42. The summed E-state index contributed by atoms with van der Waals surface area (Å²) in [5, 5.41) is 0. The molecule has 1 saturated heterocycles. The Labute approximate surface area is 108 Å². The largest absolute Gasteiger partial charge is 0.379 e. The van der Waals surface area contributed by atoms with E-state index in [4.69, 9.17) is 4.74 Å². The Morgan fingerprint density at radius 2 is 2.22 bits per heavy atom. The molecule has 0 amide bonds. The van der Waals surface area contributed by atoms with E-state index in [0.29, 0.717) is 18.2 Å². The fourth-order valence-electron chi connectivity index (χ4n) is 3.25. The molecular formula is C15H21NO2. The maximum atomic E-state index is 12.2. The predicted octanol–water partition coefficient (Wildman–Crippen LogP) is 2.99. The summed E-state index contributed by atoms with van der Waals surface area (Å²) in [5.41, 5.74) is 2.27. The minimum Gasteiger partial charge on any atom is -0.379 e. The number of aromatic nitrogens is 1. The highest BCUT2D eigenvalue weighted by Crippen LogP contribution is 2.37. The van der Waals surface area contributed by atoms with Gasteiger partial charge in [0, 0.05) is 30.5 Å². The van der Waals surface area contributed by atoms with Gasteiger partial charge in [0.15, 0.2) is 5.78 Å². The first-order valence-corrected chi connectivity index (χ1v) is 6.87. The molecule has 2 heterocycles. The number of fused-ring (bicyclic) bond motifs is 1. The van der Waals surface area contributed by atoms with Crippen LogP contribution in [0.5, 0.6) is 0 Å². The molecule has 2 aliphatic rings. The van der Waals surface area contributed by atoms with Crippen LogP contribution in [0.2, 0.25) is 0 Å². The van der Waals surface area contributed by atoms with E-state index in [2.05, 4.69) is 24.6 Å². The quantitative estimate of drug-likeness (QED) is 0.764. The first kappa shape index (κ1) is 12.0. The standard InChI is InChI=1S/C15H21NO2/c1-15(2)8-13-12(14(17)9-15)5-6-16(13)11-4-3-7-18-10-11/h5-6,11H,3-4,7-10H2,1-2H3. The molecule has 0 spiro atoms. The molecule has 0 radical (unpaired) electrons. The lowest BCUT2D eigenvalue weighted by atomic mass is 9.76. The number of carbonyl (C=O) groups is 1. The highest BCUT2D eigenvalue weighted by Gasteiger charge is 2.34. The highest BCUT2D eigenvalue weighted by atomic mass is 16.5. The van der Waals surface area contributed by atoms with E-state index in [1.54, 1.807) is 0 Å². The van der Waals surface area contributed by atoms with E-state index in [0.717, 1.165) is 38.0 Å². The zero-order valence-corrected chi connectivity index (χ0v) is 11.2. The van der Waals surface area contributed by atoms with Crippen LogP contribution in [-0.2, 0) is 11.2 Å². The SMILES string of the molecule is CC1(C)CC(=O)c2ccn(C3CCCOC3)c2C1. The van der Waals surface area contributed by atoms with Crippen LogP contribution in [0.25, 0.3) is 0 Å². The Balaban J connectivity index is 1.96. The average molecular weight is 247 g/mol. The van der Waals surface area contributed by atoms with Crippen molar-refractivity contribution in [2.45, 2.75) is 45.6 Å². The van der Waals surface area contributed by atoms with Gasteiger partial charge in [0.05, 0.1) is 12.6 Å². The van der Waals surface area contributed by atoms with Crippen LogP contribution in [0.3, 0.4) is 0 Å². The monoisotopic (exact) mass is 247 g/mol. The molecule has 1 aliphatic heterocycles. The van der Waals surface area contributed by atoms with Gasteiger partial charge in [-0.2, -0.15) is 0 Å². The Kier molecular flexibility index (Phi) is 2.81. The normalized spacial score (nSPS) is 27.0. The van der Waals surface area contributed by atoms with Crippen molar-refractivity contribution in [1.29, 1.82) is 0 Å². The number of rotatable bonds is 1. The third kappa shape index (κ3) is 2.01. The second-order valence-corrected chi connectivity index (χ2v) is 6.40. The Bertz CT molecular complexity index is 467. The van der Waals surface area contributed by atoms with E-state index < -0.39 is 0 Å². The summed E-state index contributed by atoms with van der Waals surface area (Å²) in [5.74, 6) is 0.303. The van der Waals surface area contributed by atoms with Crippen molar-refractivity contribution in [3.05, 3.63) is 23.5 Å². The molecule has 18 heavy (non-hydrogen) atoms. The number of ketones is 1. The van der Waals surface area contributed by atoms with Crippen molar-refractivity contribution >= 4 is 5.78 Å². The van der Waals surface area contributed by atoms with Crippen molar-refractivity contribution in [3.63, 3.8) is 0 Å². The highest BCUT2D eigenvalue weighted by molar-refractivity contribution is 5.98. The van der Waals surface area contributed by atoms with Gasteiger partial charge in [-0.25, -0.2) is 0 Å². The number of carbonyl (C=O) groups excluding carboxylic acids is 1. The molecule has 0 N–H and O–H groups in total. The molecule has 3 heteroatoms. The molecule has 1 aliphatic carbocycles. The van der Waals surface area contributed by atoms with E-state index in [1.165, 1.54) is 5.69 Å². The first-order valence-electron chi connectivity index (χ1n) is 6.87. The van der Waals surface area contributed by atoms with Gasteiger partial charge >= 0.3 is 0 Å². The van der Waals surface area contributed by atoms with Crippen LogP contribution >= 0.6 is 0 Å². The number of hydrogen-bond acceptors (Lipinski definition) is 2. The zero-order valence-electron chi connectivity index (χ0n) is 11.2. The van der Waals surface area contributed by atoms with Crippen LogP contribution in [0, 0.1) is 5.41 Å². The lowest BCUT2D eigenvalue weighted by molar-refractivity contribution is 0.0573. The Morgan fingerprint density at radius 3 is 2.94 bits per heavy atom. The van der Waals surface area contributed by atoms with Crippen LogP contribution in [0.1, 0.15) is 55.2 Å². The molecule has 1 unspecified atom stereocenters. The lowest BCUT2D eigenvalue weighted by Crippen LogP contribution is -2.30. The van der Waals surface area contributed by atoms with Gasteiger partial charge in [-0.3, -0.25) is 4.79 Å². The third-order valence-electron chi connectivity index (χ3n) is 4.14. The molecule has 1 aromatic rings. The van der Waals surface area contributed by atoms with Crippen LogP contribution < -0.4 is 0 Å². The van der Waals surface area contributed by atoms with E-state index in [9.17, 15) is 4.79 Å². The van der Waals surface area contributed by atoms with Crippen molar-refractivity contribution in [2.75, 3.05) is 13.2 Å². The predicted molar refractivity (Wildman–Crippen MR) is 70.0 cm³/mol.